The van der Waals surface area contributed by atoms with Crippen molar-refractivity contribution in [2.24, 2.45) is 12.5 Å². The van der Waals surface area contributed by atoms with Gasteiger partial charge in [-0.2, -0.15) is 0 Å². The molecule has 1 amide bonds. The zero-order valence-electron chi connectivity index (χ0n) is 15.8. The molecule has 1 atom stereocenters. The van der Waals surface area contributed by atoms with Crippen molar-refractivity contribution in [3.63, 3.8) is 0 Å². The Morgan fingerprint density at radius 3 is 2.54 bits per heavy atom. The van der Waals surface area contributed by atoms with Crippen LogP contribution in [0.4, 0.5) is 0 Å². The van der Waals surface area contributed by atoms with E-state index >= 15 is 0 Å². The molecule has 2 aliphatic heterocycles. The zero-order chi connectivity index (χ0) is 18.1. The minimum Gasteiger partial charge on any atom is -0.345 e. The highest BCUT2D eigenvalue weighted by Gasteiger charge is 2.45. The molecule has 2 aliphatic rings. The summed E-state index contributed by atoms with van der Waals surface area (Å²) < 4.78 is 2.10. The number of hydrogen-bond donors (Lipinski definition) is 0. The van der Waals surface area contributed by atoms with Gasteiger partial charge in [0.25, 0.3) is 0 Å². The van der Waals surface area contributed by atoms with E-state index in [4.69, 9.17) is 0 Å². The van der Waals surface area contributed by atoms with Crippen LogP contribution in [0.25, 0.3) is 0 Å². The number of likely N-dealkylation sites (tertiary alicyclic amines) is 2. The summed E-state index contributed by atoms with van der Waals surface area (Å²) >= 11 is 0. The molecule has 2 fully saturated rings. The highest BCUT2D eigenvalue weighted by Crippen LogP contribution is 2.45. The van der Waals surface area contributed by atoms with E-state index in [1.54, 1.807) is 0 Å². The smallest absolute Gasteiger partial charge is 0.229 e. The first-order chi connectivity index (χ1) is 12.6. The van der Waals surface area contributed by atoms with Gasteiger partial charge in [-0.25, -0.2) is 4.98 Å². The largest absolute Gasteiger partial charge is 0.345 e. The molecule has 4 rings (SSSR count). The standard InChI is InChI=1S/C21H28N4O/c1-23-13-10-22-19(23)15-25-11-8-21(9-12-25)14-18(20(26)24(2)16-21)17-6-4-3-5-7-17/h3-7,10,13,18H,8-9,11-12,14-16H2,1-2H3/t18-/m1/s1. The van der Waals surface area contributed by atoms with Crippen molar-refractivity contribution in [1.29, 1.82) is 0 Å². The minimum atomic E-state index is 0.0102. The fraction of sp³-hybridized carbons (Fsp3) is 0.524. The maximum Gasteiger partial charge on any atom is 0.229 e. The monoisotopic (exact) mass is 352 g/mol. The number of benzene rings is 1. The van der Waals surface area contributed by atoms with Gasteiger partial charge in [0.15, 0.2) is 0 Å². The van der Waals surface area contributed by atoms with E-state index in [-0.39, 0.29) is 17.2 Å². The molecule has 5 heteroatoms. The Morgan fingerprint density at radius 1 is 1.15 bits per heavy atom. The van der Waals surface area contributed by atoms with Crippen LogP contribution in [0.5, 0.6) is 0 Å². The Balaban J connectivity index is 1.45. The average molecular weight is 352 g/mol. The molecule has 2 aromatic rings. The van der Waals surface area contributed by atoms with Crippen LogP contribution in [0.3, 0.4) is 0 Å². The number of aromatic nitrogens is 2. The van der Waals surface area contributed by atoms with E-state index in [0.29, 0.717) is 0 Å². The lowest BCUT2D eigenvalue weighted by atomic mass is 9.68. The van der Waals surface area contributed by atoms with E-state index in [0.717, 1.165) is 51.3 Å². The van der Waals surface area contributed by atoms with Crippen LogP contribution in [0.1, 0.15) is 36.6 Å². The Kier molecular flexibility index (Phi) is 4.57. The van der Waals surface area contributed by atoms with Gasteiger partial charge in [-0.15, -0.1) is 0 Å². The first-order valence-electron chi connectivity index (χ1n) is 9.55. The number of aryl methyl sites for hydroxylation is 1. The third kappa shape index (κ3) is 3.28. The van der Waals surface area contributed by atoms with Gasteiger partial charge >= 0.3 is 0 Å². The predicted molar refractivity (Wildman–Crippen MR) is 102 cm³/mol. The summed E-state index contributed by atoms with van der Waals surface area (Å²) in [6.45, 7) is 3.97. The highest BCUT2D eigenvalue weighted by molar-refractivity contribution is 5.84. The first-order valence-corrected chi connectivity index (χ1v) is 9.55. The second-order valence-electron chi connectivity index (χ2n) is 8.09. The van der Waals surface area contributed by atoms with Gasteiger partial charge in [0.1, 0.15) is 5.82 Å². The molecule has 1 aromatic heterocycles. The molecule has 0 N–H and O–H groups in total. The Morgan fingerprint density at radius 2 is 1.88 bits per heavy atom. The van der Waals surface area contributed by atoms with Gasteiger partial charge in [-0.1, -0.05) is 30.3 Å². The maximum absolute atomic E-state index is 12.8. The number of nitrogens with zero attached hydrogens (tertiary/aromatic N) is 4. The topological polar surface area (TPSA) is 41.4 Å². The van der Waals surface area contributed by atoms with Gasteiger partial charge < -0.3 is 9.47 Å². The Labute approximate surface area is 155 Å². The number of hydrogen-bond acceptors (Lipinski definition) is 3. The molecular weight excluding hydrogens is 324 g/mol. The normalized spacial score (nSPS) is 23.5. The fourth-order valence-corrected chi connectivity index (χ4v) is 4.67. The number of rotatable bonds is 3. The highest BCUT2D eigenvalue weighted by atomic mass is 16.2. The second kappa shape index (κ2) is 6.88. The lowest BCUT2D eigenvalue weighted by Gasteiger charge is -2.49. The second-order valence-corrected chi connectivity index (χ2v) is 8.09. The van der Waals surface area contributed by atoms with E-state index in [9.17, 15) is 4.79 Å². The van der Waals surface area contributed by atoms with Crippen LogP contribution in [-0.2, 0) is 18.4 Å². The number of likely N-dealkylation sites (N-methyl/N-ethyl adjacent to an activating group) is 1. The molecule has 1 spiro atoms. The summed E-state index contributed by atoms with van der Waals surface area (Å²) in [7, 11) is 4.03. The Hall–Kier alpha value is -2.14. The molecule has 0 saturated carbocycles. The number of carbonyl (C=O) groups excluding carboxylic acids is 1. The predicted octanol–water partition coefficient (Wildman–Crippen LogP) is 2.65. The zero-order valence-corrected chi connectivity index (χ0v) is 15.8. The number of amides is 1. The molecule has 3 heterocycles. The Bertz CT molecular complexity index is 761. The first kappa shape index (κ1) is 17.3. The third-order valence-electron chi connectivity index (χ3n) is 6.29. The van der Waals surface area contributed by atoms with Gasteiger partial charge in [0.05, 0.1) is 12.5 Å². The van der Waals surface area contributed by atoms with Crippen LogP contribution in [0.15, 0.2) is 42.7 Å². The summed E-state index contributed by atoms with van der Waals surface area (Å²) in [5.41, 5.74) is 1.42. The molecule has 0 bridgehead atoms. The van der Waals surface area contributed by atoms with E-state index < -0.39 is 0 Å². The molecule has 5 nitrogen and oxygen atoms in total. The summed E-state index contributed by atoms with van der Waals surface area (Å²) in [6, 6.07) is 10.3. The summed E-state index contributed by atoms with van der Waals surface area (Å²) in [4.78, 5) is 21.7. The van der Waals surface area contributed by atoms with Crippen LogP contribution < -0.4 is 0 Å². The van der Waals surface area contributed by atoms with Crippen LogP contribution in [-0.4, -0.2) is 51.9 Å². The van der Waals surface area contributed by atoms with Crippen molar-refractivity contribution < 1.29 is 4.79 Å². The maximum atomic E-state index is 12.8. The van der Waals surface area contributed by atoms with Gasteiger partial charge in [-0.05, 0) is 43.3 Å². The SMILES string of the molecule is CN1CC2(CCN(Cc3nccn3C)CC2)C[C@H](c2ccccc2)C1=O. The van der Waals surface area contributed by atoms with E-state index in [1.165, 1.54) is 5.56 Å². The van der Waals surface area contributed by atoms with Crippen LogP contribution in [0, 0.1) is 5.41 Å². The molecule has 2 saturated heterocycles. The summed E-state index contributed by atoms with van der Waals surface area (Å²) in [5.74, 6) is 1.41. The lowest BCUT2D eigenvalue weighted by Crippen LogP contribution is -2.52. The van der Waals surface area contributed by atoms with E-state index in [2.05, 4.69) is 33.6 Å². The van der Waals surface area contributed by atoms with Crippen molar-refractivity contribution in [2.45, 2.75) is 31.7 Å². The van der Waals surface area contributed by atoms with Gasteiger partial charge in [-0.3, -0.25) is 9.69 Å². The number of imidazole rings is 1. The fourth-order valence-electron chi connectivity index (χ4n) is 4.67. The lowest BCUT2D eigenvalue weighted by molar-refractivity contribution is -0.139. The number of carbonyl (C=O) groups is 1. The molecule has 138 valence electrons. The molecule has 0 aliphatic carbocycles. The van der Waals surface area contributed by atoms with Crippen molar-refractivity contribution in [3.05, 3.63) is 54.1 Å². The van der Waals surface area contributed by atoms with Gasteiger partial charge in [0, 0.05) is 33.0 Å². The van der Waals surface area contributed by atoms with Crippen LogP contribution in [0.2, 0.25) is 0 Å². The molecule has 26 heavy (non-hydrogen) atoms. The minimum absolute atomic E-state index is 0.0102. The third-order valence-corrected chi connectivity index (χ3v) is 6.29. The quantitative estimate of drug-likeness (QED) is 0.853. The van der Waals surface area contributed by atoms with E-state index in [1.807, 2.05) is 42.5 Å². The summed E-state index contributed by atoms with van der Waals surface area (Å²) in [6.07, 6.45) is 7.16. The van der Waals surface area contributed by atoms with Crippen LogP contribution >= 0.6 is 0 Å². The molecule has 0 radical (unpaired) electrons. The number of piperidine rings is 2. The van der Waals surface area contributed by atoms with Crippen molar-refractivity contribution in [3.8, 4) is 0 Å². The molecule has 1 aromatic carbocycles. The molecular formula is C21H28N4O. The van der Waals surface area contributed by atoms with Crippen molar-refractivity contribution in [2.75, 3.05) is 26.7 Å². The van der Waals surface area contributed by atoms with Gasteiger partial charge in [0.2, 0.25) is 5.91 Å². The van der Waals surface area contributed by atoms with Crippen molar-refractivity contribution in [1.82, 2.24) is 19.4 Å². The summed E-state index contributed by atoms with van der Waals surface area (Å²) in [5, 5.41) is 0. The van der Waals surface area contributed by atoms with Crippen molar-refractivity contribution >= 4 is 5.91 Å². The molecule has 0 unspecified atom stereocenters. The average Bonchev–Trinajstić information content (AvgIpc) is 3.06.